The number of phenols is 1. The summed E-state index contributed by atoms with van der Waals surface area (Å²) in [5, 5.41) is 12.0. The maximum absolute atomic E-state index is 12.2. The molecule has 0 saturated heterocycles. The number of ether oxygens (including phenoxy) is 1. The van der Waals surface area contributed by atoms with E-state index >= 15 is 0 Å². The van der Waals surface area contributed by atoms with Crippen molar-refractivity contribution in [3.05, 3.63) is 59.9 Å². The molecule has 2 N–H and O–H groups in total. The first kappa shape index (κ1) is 16.5. The standard InChI is InChI=1S/C17H18N2O4/c1-2-23-17(22)15(10-12-5-7-14(20)8-6-12)19-16(21)13-4-3-9-18-11-13/h3-9,11,15,20H,2,10H2,1H3,(H,19,21). The lowest BCUT2D eigenvalue weighted by Crippen LogP contribution is -2.43. The summed E-state index contributed by atoms with van der Waals surface area (Å²) in [7, 11) is 0. The van der Waals surface area contributed by atoms with Crippen molar-refractivity contribution in [2.75, 3.05) is 6.61 Å². The molecule has 0 bridgehead atoms. The zero-order valence-electron chi connectivity index (χ0n) is 12.7. The van der Waals surface area contributed by atoms with Gasteiger partial charge < -0.3 is 15.2 Å². The molecule has 0 fully saturated rings. The van der Waals surface area contributed by atoms with Gasteiger partial charge in [-0.15, -0.1) is 0 Å². The molecule has 2 rings (SSSR count). The van der Waals surface area contributed by atoms with Crippen molar-refractivity contribution in [3.63, 3.8) is 0 Å². The van der Waals surface area contributed by atoms with Gasteiger partial charge in [0, 0.05) is 18.8 Å². The number of pyridine rings is 1. The molecule has 1 heterocycles. The number of carbonyl (C=O) groups is 2. The van der Waals surface area contributed by atoms with E-state index in [1.54, 1.807) is 37.4 Å². The Balaban J connectivity index is 2.12. The molecule has 0 aliphatic carbocycles. The van der Waals surface area contributed by atoms with Crippen molar-refractivity contribution in [1.82, 2.24) is 10.3 Å². The number of phenolic OH excluding ortho intramolecular Hbond substituents is 1. The van der Waals surface area contributed by atoms with E-state index in [1.165, 1.54) is 18.3 Å². The number of esters is 1. The van der Waals surface area contributed by atoms with Crippen molar-refractivity contribution in [1.29, 1.82) is 0 Å². The molecule has 0 saturated carbocycles. The molecule has 0 spiro atoms. The lowest BCUT2D eigenvalue weighted by molar-refractivity contribution is -0.145. The van der Waals surface area contributed by atoms with E-state index in [-0.39, 0.29) is 18.8 Å². The van der Waals surface area contributed by atoms with E-state index in [2.05, 4.69) is 10.3 Å². The molecule has 120 valence electrons. The smallest absolute Gasteiger partial charge is 0.328 e. The van der Waals surface area contributed by atoms with Crippen LogP contribution < -0.4 is 5.32 Å². The van der Waals surface area contributed by atoms with E-state index in [4.69, 9.17) is 4.74 Å². The Bertz CT molecular complexity index is 656. The van der Waals surface area contributed by atoms with Crippen LogP contribution in [0, 0.1) is 0 Å². The normalized spacial score (nSPS) is 11.5. The van der Waals surface area contributed by atoms with Crippen LogP contribution in [0.2, 0.25) is 0 Å². The predicted molar refractivity (Wildman–Crippen MR) is 83.9 cm³/mol. The van der Waals surface area contributed by atoms with E-state index in [9.17, 15) is 14.7 Å². The Kier molecular flexibility index (Phi) is 5.68. The number of nitrogens with one attached hydrogen (secondary N) is 1. The van der Waals surface area contributed by atoms with Crippen LogP contribution in [-0.2, 0) is 16.0 Å². The lowest BCUT2D eigenvalue weighted by atomic mass is 10.1. The average molecular weight is 314 g/mol. The van der Waals surface area contributed by atoms with Crippen LogP contribution in [0.3, 0.4) is 0 Å². The second-order valence-electron chi connectivity index (χ2n) is 4.89. The highest BCUT2D eigenvalue weighted by Gasteiger charge is 2.23. The zero-order valence-corrected chi connectivity index (χ0v) is 12.7. The van der Waals surface area contributed by atoms with E-state index < -0.39 is 17.9 Å². The first-order chi connectivity index (χ1) is 11.1. The summed E-state index contributed by atoms with van der Waals surface area (Å²) in [5.74, 6) is -0.756. The monoisotopic (exact) mass is 314 g/mol. The Morgan fingerprint density at radius 2 is 2.00 bits per heavy atom. The molecule has 23 heavy (non-hydrogen) atoms. The number of benzene rings is 1. The van der Waals surface area contributed by atoms with Gasteiger partial charge in [-0.3, -0.25) is 9.78 Å². The molecule has 0 aliphatic rings. The number of hydrogen-bond donors (Lipinski definition) is 2. The third kappa shape index (κ3) is 4.81. The van der Waals surface area contributed by atoms with Gasteiger partial charge in [-0.1, -0.05) is 12.1 Å². The highest BCUT2D eigenvalue weighted by Crippen LogP contribution is 2.12. The maximum atomic E-state index is 12.2. The summed E-state index contributed by atoms with van der Waals surface area (Å²) in [6, 6.07) is 8.89. The van der Waals surface area contributed by atoms with Crippen molar-refractivity contribution in [3.8, 4) is 5.75 Å². The maximum Gasteiger partial charge on any atom is 0.328 e. The van der Waals surface area contributed by atoms with E-state index in [0.717, 1.165) is 5.56 Å². The molecule has 1 atom stereocenters. The van der Waals surface area contributed by atoms with Gasteiger partial charge in [-0.05, 0) is 36.8 Å². The first-order valence-corrected chi connectivity index (χ1v) is 7.25. The van der Waals surface area contributed by atoms with Gasteiger partial charge >= 0.3 is 5.97 Å². The summed E-state index contributed by atoms with van der Waals surface area (Å²) in [4.78, 5) is 28.2. The van der Waals surface area contributed by atoms with E-state index in [0.29, 0.717) is 5.56 Å². The van der Waals surface area contributed by atoms with Crippen LogP contribution in [-0.4, -0.2) is 34.6 Å². The highest BCUT2D eigenvalue weighted by molar-refractivity contribution is 5.96. The minimum atomic E-state index is -0.813. The molecule has 6 heteroatoms. The van der Waals surface area contributed by atoms with Gasteiger partial charge in [-0.2, -0.15) is 0 Å². The molecule has 1 aromatic carbocycles. The predicted octanol–water partition coefficient (Wildman–Crippen LogP) is 1.69. The fraction of sp³-hybridized carbons (Fsp3) is 0.235. The van der Waals surface area contributed by atoms with Crippen molar-refractivity contribution >= 4 is 11.9 Å². The molecule has 1 amide bonds. The third-order valence-corrected chi connectivity index (χ3v) is 3.18. The Morgan fingerprint density at radius 1 is 1.26 bits per heavy atom. The van der Waals surface area contributed by atoms with Crippen LogP contribution in [0.5, 0.6) is 5.75 Å². The van der Waals surface area contributed by atoms with Crippen molar-refractivity contribution in [2.24, 2.45) is 0 Å². The average Bonchev–Trinajstić information content (AvgIpc) is 2.57. The van der Waals surface area contributed by atoms with Crippen molar-refractivity contribution < 1.29 is 19.4 Å². The second kappa shape index (κ2) is 7.93. The largest absolute Gasteiger partial charge is 0.508 e. The summed E-state index contributed by atoms with van der Waals surface area (Å²) in [5.41, 5.74) is 1.17. The molecule has 2 aromatic rings. The van der Waals surface area contributed by atoms with Crippen LogP contribution in [0.25, 0.3) is 0 Å². The first-order valence-electron chi connectivity index (χ1n) is 7.25. The quantitative estimate of drug-likeness (QED) is 0.792. The molecule has 0 radical (unpaired) electrons. The fourth-order valence-electron chi connectivity index (χ4n) is 2.04. The molecule has 0 aliphatic heterocycles. The second-order valence-corrected chi connectivity index (χ2v) is 4.89. The Labute approximate surface area is 134 Å². The molecular weight excluding hydrogens is 296 g/mol. The van der Waals surface area contributed by atoms with Gasteiger partial charge in [0.05, 0.1) is 12.2 Å². The van der Waals surface area contributed by atoms with Crippen LogP contribution in [0.15, 0.2) is 48.8 Å². The Morgan fingerprint density at radius 3 is 2.61 bits per heavy atom. The third-order valence-electron chi connectivity index (χ3n) is 3.18. The van der Waals surface area contributed by atoms with E-state index in [1.807, 2.05) is 0 Å². The summed E-state index contributed by atoms with van der Waals surface area (Å²) in [6.07, 6.45) is 3.26. The summed E-state index contributed by atoms with van der Waals surface area (Å²) in [6.45, 7) is 1.94. The van der Waals surface area contributed by atoms with Crippen LogP contribution in [0.4, 0.5) is 0 Å². The molecule has 1 unspecified atom stereocenters. The topological polar surface area (TPSA) is 88.5 Å². The SMILES string of the molecule is CCOC(=O)C(Cc1ccc(O)cc1)NC(=O)c1cccnc1. The number of aromatic hydroxyl groups is 1. The number of aromatic nitrogens is 1. The summed E-state index contributed by atoms with van der Waals surface area (Å²) < 4.78 is 5.02. The minimum Gasteiger partial charge on any atom is -0.508 e. The van der Waals surface area contributed by atoms with Crippen LogP contribution in [0.1, 0.15) is 22.8 Å². The minimum absolute atomic E-state index is 0.140. The highest BCUT2D eigenvalue weighted by atomic mass is 16.5. The number of rotatable bonds is 6. The van der Waals surface area contributed by atoms with Gasteiger partial charge in [0.25, 0.3) is 5.91 Å². The molecule has 1 aromatic heterocycles. The van der Waals surface area contributed by atoms with Crippen LogP contribution >= 0.6 is 0 Å². The van der Waals surface area contributed by atoms with Gasteiger partial charge in [0.15, 0.2) is 0 Å². The van der Waals surface area contributed by atoms with Gasteiger partial charge in [0.1, 0.15) is 11.8 Å². The number of nitrogens with zero attached hydrogens (tertiary/aromatic N) is 1. The molecule has 6 nitrogen and oxygen atoms in total. The van der Waals surface area contributed by atoms with Gasteiger partial charge in [0.2, 0.25) is 0 Å². The number of hydrogen-bond acceptors (Lipinski definition) is 5. The summed E-state index contributed by atoms with van der Waals surface area (Å²) >= 11 is 0. The molecular formula is C17H18N2O4. The zero-order chi connectivity index (χ0) is 16.7. The number of carbonyl (C=O) groups excluding carboxylic acids is 2. The van der Waals surface area contributed by atoms with Crippen molar-refractivity contribution in [2.45, 2.75) is 19.4 Å². The fourth-order valence-corrected chi connectivity index (χ4v) is 2.04. The van der Waals surface area contributed by atoms with Gasteiger partial charge in [-0.25, -0.2) is 4.79 Å². The lowest BCUT2D eigenvalue weighted by Gasteiger charge is -2.17. The number of amides is 1. The Hall–Kier alpha value is -2.89.